The lowest BCUT2D eigenvalue weighted by atomic mass is 10.2. The summed E-state index contributed by atoms with van der Waals surface area (Å²) < 4.78 is 26.2. The highest BCUT2D eigenvalue weighted by Gasteiger charge is 2.19. The summed E-state index contributed by atoms with van der Waals surface area (Å²) >= 11 is 3.36. The molecule has 8 heteroatoms. The molecule has 0 unspecified atom stereocenters. The molecule has 0 aromatic heterocycles. The van der Waals surface area contributed by atoms with Gasteiger partial charge < -0.3 is 10.6 Å². The number of halogens is 1. The second-order valence-corrected chi connectivity index (χ2v) is 8.14. The van der Waals surface area contributed by atoms with E-state index in [9.17, 15) is 13.2 Å². The van der Waals surface area contributed by atoms with Crippen LogP contribution in [0.1, 0.15) is 19.4 Å². The number of urea groups is 1. The van der Waals surface area contributed by atoms with E-state index >= 15 is 0 Å². The number of anilines is 1. The van der Waals surface area contributed by atoms with E-state index in [4.69, 9.17) is 0 Å². The summed E-state index contributed by atoms with van der Waals surface area (Å²) in [5, 5.41) is 5.34. The number of carbonyl (C=O) groups is 1. The normalized spacial score (nSPS) is 11.4. The molecular weight excluding hydrogens is 370 g/mol. The van der Waals surface area contributed by atoms with Crippen LogP contribution in [0.15, 0.2) is 22.7 Å². The molecule has 2 amide bonds. The molecule has 1 rings (SSSR count). The van der Waals surface area contributed by atoms with Crippen LogP contribution < -0.4 is 14.9 Å². The molecule has 0 spiro atoms. The van der Waals surface area contributed by atoms with E-state index in [2.05, 4.69) is 26.6 Å². The fourth-order valence-corrected chi connectivity index (χ4v) is 3.41. The minimum absolute atomic E-state index is 0.0275. The van der Waals surface area contributed by atoms with Gasteiger partial charge in [0.25, 0.3) is 0 Å². The Morgan fingerprint density at radius 2 is 2.00 bits per heavy atom. The first-order valence-corrected chi connectivity index (χ1v) is 9.53. The fraction of sp³-hybridized carbons (Fsp3) is 0.500. The van der Waals surface area contributed by atoms with Crippen LogP contribution >= 0.6 is 15.9 Å². The third-order valence-corrected chi connectivity index (χ3v) is 4.52. The standard InChI is InChI=1S/C14H22BrN3O3S/c1-10(2)17-14(19)16-7-8-18(22(4,20)21)13-6-5-12(15)9-11(13)3/h5-6,9-10H,7-8H2,1-4H3,(H2,16,17,19). The zero-order chi connectivity index (χ0) is 16.9. The van der Waals surface area contributed by atoms with Crippen molar-refractivity contribution in [2.24, 2.45) is 0 Å². The highest BCUT2D eigenvalue weighted by atomic mass is 79.9. The predicted molar refractivity (Wildman–Crippen MR) is 92.7 cm³/mol. The summed E-state index contributed by atoms with van der Waals surface area (Å²) in [6.07, 6.45) is 1.16. The van der Waals surface area contributed by atoms with Crippen molar-refractivity contribution in [2.45, 2.75) is 26.8 Å². The minimum atomic E-state index is -3.43. The molecule has 0 atom stereocenters. The topological polar surface area (TPSA) is 78.5 Å². The van der Waals surface area contributed by atoms with E-state index in [1.165, 1.54) is 4.31 Å². The van der Waals surface area contributed by atoms with Crippen LogP contribution in [0.2, 0.25) is 0 Å². The van der Waals surface area contributed by atoms with Crippen molar-refractivity contribution in [1.82, 2.24) is 10.6 Å². The Kier molecular flexibility index (Phi) is 6.67. The highest BCUT2D eigenvalue weighted by Crippen LogP contribution is 2.25. The molecule has 0 heterocycles. The van der Waals surface area contributed by atoms with E-state index in [1.54, 1.807) is 12.1 Å². The van der Waals surface area contributed by atoms with Crippen LogP contribution in [0.25, 0.3) is 0 Å². The molecule has 0 aliphatic rings. The van der Waals surface area contributed by atoms with Crippen molar-refractivity contribution in [1.29, 1.82) is 0 Å². The molecule has 2 N–H and O–H groups in total. The second kappa shape index (κ2) is 7.82. The van der Waals surface area contributed by atoms with E-state index < -0.39 is 10.0 Å². The molecule has 1 aromatic carbocycles. The molecule has 0 saturated heterocycles. The number of amides is 2. The van der Waals surface area contributed by atoms with Crippen LogP contribution in [0.3, 0.4) is 0 Å². The van der Waals surface area contributed by atoms with Gasteiger partial charge in [-0.25, -0.2) is 13.2 Å². The summed E-state index contributed by atoms with van der Waals surface area (Å²) in [7, 11) is -3.43. The third kappa shape index (κ3) is 5.84. The summed E-state index contributed by atoms with van der Waals surface area (Å²) in [6, 6.07) is 5.11. The number of aryl methyl sites for hydroxylation is 1. The zero-order valence-electron chi connectivity index (χ0n) is 13.2. The summed E-state index contributed by atoms with van der Waals surface area (Å²) in [6.45, 7) is 5.95. The Bertz CT molecular complexity index is 632. The molecule has 0 fully saturated rings. The Morgan fingerprint density at radius 3 is 2.50 bits per heavy atom. The largest absolute Gasteiger partial charge is 0.336 e. The van der Waals surface area contributed by atoms with Gasteiger partial charge in [0.2, 0.25) is 10.0 Å². The number of nitrogens with zero attached hydrogens (tertiary/aromatic N) is 1. The molecule has 0 radical (unpaired) electrons. The Morgan fingerprint density at radius 1 is 1.36 bits per heavy atom. The van der Waals surface area contributed by atoms with Gasteiger partial charge in [0.1, 0.15) is 0 Å². The summed E-state index contributed by atoms with van der Waals surface area (Å²) in [4.78, 5) is 11.5. The van der Waals surface area contributed by atoms with Gasteiger partial charge in [-0.15, -0.1) is 0 Å². The number of sulfonamides is 1. The van der Waals surface area contributed by atoms with Gasteiger partial charge in [-0.1, -0.05) is 15.9 Å². The van der Waals surface area contributed by atoms with Gasteiger partial charge in [0, 0.05) is 17.1 Å². The first kappa shape index (κ1) is 18.8. The van der Waals surface area contributed by atoms with Gasteiger partial charge in [0.05, 0.1) is 18.5 Å². The van der Waals surface area contributed by atoms with Gasteiger partial charge in [-0.3, -0.25) is 4.31 Å². The van der Waals surface area contributed by atoms with E-state index in [1.807, 2.05) is 26.8 Å². The van der Waals surface area contributed by atoms with Gasteiger partial charge in [-0.05, 0) is 44.5 Å². The van der Waals surface area contributed by atoms with Crippen molar-refractivity contribution in [3.8, 4) is 0 Å². The van der Waals surface area contributed by atoms with Crippen molar-refractivity contribution < 1.29 is 13.2 Å². The number of hydrogen-bond donors (Lipinski definition) is 2. The quantitative estimate of drug-likeness (QED) is 0.780. The summed E-state index contributed by atoms with van der Waals surface area (Å²) in [5.74, 6) is 0. The lowest BCUT2D eigenvalue weighted by Gasteiger charge is -2.24. The van der Waals surface area contributed by atoms with Crippen LogP contribution in [-0.2, 0) is 10.0 Å². The highest BCUT2D eigenvalue weighted by molar-refractivity contribution is 9.10. The number of nitrogens with one attached hydrogen (secondary N) is 2. The van der Waals surface area contributed by atoms with Crippen molar-refractivity contribution in [3.05, 3.63) is 28.2 Å². The Labute approximate surface area is 140 Å². The SMILES string of the molecule is Cc1cc(Br)ccc1N(CCNC(=O)NC(C)C)S(C)(=O)=O. The minimum Gasteiger partial charge on any atom is -0.336 e. The maximum Gasteiger partial charge on any atom is 0.315 e. The maximum absolute atomic E-state index is 12.0. The number of rotatable bonds is 6. The lowest BCUT2D eigenvalue weighted by Crippen LogP contribution is -2.44. The molecule has 0 aliphatic heterocycles. The van der Waals surface area contributed by atoms with Gasteiger partial charge in [-0.2, -0.15) is 0 Å². The molecule has 0 bridgehead atoms. The first-order chi connectivity index (χ1) is 10.1. The monoisotopic (exact) mass is 391 g/mol. The molecule has 1 aromatic rings. The molecule has 0 saturated carbocycles. The maximum atomic E-state index is 12.0. The Balaban J connectivity index is 2.81. The molecule has 124 valence electrons. The first-order valence-electron chi connectivity index (χ1n) is 6.89. The predicted octanol–water partition coefficient (Wildman–Crippen LogP) is 2.23. The van der Waals surface area contributed by atoms with E-state index in [0.29, 0.717) is 5.69 Å². The zero-order valence-corrected chi connectivity index (χ0v) is 15.6. The smallest absolute Gasteiger partial charge is 0.315 e. The number of benzene rings is 1. The van der Waals surface area contributed by atoms with Gasteiger partial charge in [0.15, 0.2) is 0 Å². The second-order valence-electron chi connectivity index (χ2n) is 5.32. The van der Waals surface area contributed by atoms with Crippen LogP contribution in [0.4, 0.5) is 10.5 Å². The number of hydrogen-bond acceptors (Lipinski definition) is 3. The van der Waals surface area contributed by atoms with Crippen molar-refractivity contribution >= 4 is 37.7 Å². The van der Waals surface area contributed by atoms with E-state index in [0.717, 1.165) is 16.3 Å². The average Bonchev–Trinajstić information content (AvgIpc) is 2.33. The summed E-state index contributed by atoms with van der Waals surface area (Å²) in [5.41, 5.74) is 1.45. The van der Waals surface area contributed by atoms with Crippen LogP contribution in [0, 0.1) is 6.92 Å². The van der Waals surface area contributed by atoms with Crippen molar-refractivity contribution in [3.63, 3.8) is 0 Å². The fourth-order valence-electron chi connectivity index (χ4n) is 1.95. The lowest BCUT2D eigenvalue weighted by molar-refractivity contribution is 0.239. The molecule has 6 nitrogen and oxygen atoms in total. The number of carbonyl (C=O) groups excluding carboxylic acids is 1. The third-order valence-electron chi connectivity index (χ3n) is 2.85. The molecule has 22 heavy (non-hydrogen) atoms. The molecular formula is C14H22BrN3O3S. The van der Waals surface area contributed by atoms with Crippen LogP contribution in [-0.4, -0.2) is 39.8 Å². The van der Waals surface area contributed by atoms with E-state index in [-0.39, 0.29) is 25.2 Å². The Hall–Kier alpha value is -1.28. The average molecular weight is 392 g/mol. The van der Waals surface area contributed by atoms with Crippen LogP contribution in [0.5, 0.6) is 0 Å². The van der Waals surface area contributed by atoms with Gasteiger partial charge >= 0.3 is 6.03 Å². The molecule has 0 aliphatic carbocycles. The van der Waals surface area contributed by atoms with Crippen molar-refractivity contribution in [2.75, 3.05) is 23.7 Å².